The van der Waals surface area contributed by atoms with Gasteiger partial charge in [-0.3, -0.25) is 14.7 Å². The second-order valence-corrected chi connectivity index (χ2v) is 8.47. The Morgan fingerprint density at radius 2 is 1.38 bits per heavy atom. The molecule has 2 heterocycles. The third-order valence-corrected chi connectivity index (χ3v) is 6.25. The summed E-state index contributed by atoms with van der Waals surface area (Å²) in [6, 6.07) is 27.3. The average Bonchev–Trinajstić information content (AvgIpc) is 2.88. The Labute approximate surface area is 197 Å². The normalized spacial score (nSPS) is 14.5. The van der Waals surface area contributed by atoms with E-state index < -0.39 is 0 Å². The lowest BCUT2D eigenvalue weighted by Crippen LogP contribution is -2.49. The first-order chi connectivity index (χ1) is 16.7. The van der Waals surface area contributed by atoms with Crippen LogP contribution < -0.4 is 10.5 Å². The molecule has 0 radical (unpaired) electrons. The van der Waals surface area contributed by atoms with Crippen molar-refractivity contribution in [2.24, 2.45) is 0 Å². The quantitative estimate of drug-likeness (QED) is 0.479. The van der Waals surface area contributed by atoms with Crippen LogP contribution in [0, 0.1) is 5.82 Å². The number of aromatic nitrogens is 3. The molecule has 0 saturated carbocycles. The molecule has 1 saturated heterocycles. The van der Waals surface area contributed by atoms with Crippen LogP contribution in [0.25, 0.3) is 0 Å². The molecule has 3 aromatic carbocycles. The van der Waals surface area contributed by atoms with Crippen molar-refractivity contribution in [1.29, 1.82) is 0 Å². The van der Waals surface area contributed by atoms with Crippen LogP contribution in [0.15, 0.2) is 89.7 Å². The minimum atomic E-state index is -0.306. The van der Waals surface area contributed by atoms with Gasteiger partial charge in [0.05, 0.1) is 6.04 Å². The zero-order valence-electron chi connectivity index (χ0n) is 18.8. The van der Waals surface area contributed by atoms with Crippen LogP contribution in [0.5, 0.6) is 0 Å². The van der Waals surface area contributed by atoms with Crippen molar-refractivity contribution in [3.63, 3.8) is 0 Å². The molecular formula is C27H26FN5O. The van der Waals surface area contributed by atoms with Gasteiger partial charge in [0.15, 0.2) is 0 Å². The summed E-state index contributed by atoms with van der Waals surface area (Å²) in [5.41, 5.74) is 3.40. The van der Waals surface area contributed by atoms with Crippen LogP contribution in [0.1, 0.15) is 28.4 Å². The van der Waals surface area contributed by atoms with E-state index in [0.717, 1.165) is 31.7 Å². The summed E-state index contributed by atoms with van der Waals surface area (Å²) >= 11 is 0. The van der Waals surface area contributed by atoms with Gasteiger partial charge in [0.25, 0.3) is 5.56 Å². The molecular weight excluding hydrogens is 429 g/mol. The van der Waals surface area contributed by atoms with Gasteiger partial charge in [0.2, 0.25) is 5.95 Å². The highest BCUT2D eigenvalue weighted by molar-refractivity contribution is 5.34. The molecule has 1 aliphatic rings. The fraction of sp³-hybridized carbons (Fsp3) is 0.222. The minimum Gasteiger partial charge on any atom is -0.338 e. The van der Waals surface area contributed by atoms with Crippen molar-refractivity contribution >= 4 is 5.95 Å². The zero-order valence-corrected chi connectivity index (χ0v) is 18.8. The smallest absolute Gasteiger partial charge is 0.274 e. The standard InChI is InChI=1S/C27H26FN5O/c28-23-13-11-20(12-14-23)19-24-26(34)29-27(31-30-24)33-17-15-32(16-18-33)25(21-7-3-1-4-8-21)22-9-5-2-6-10-22/h1-14,25H,15-19H2,(H,29,31,34). The van der Waals surface area contributed by atoms with Crippen LogP contribution in [0.4, 0.5) is 10.3 Å². The topological polar surface area (TPSA) is 65.1 Å². The lowest BCUT2D eigenvalue weighted by atomic mass is 9.96. The Bertz CT molecular complexity index is 1230. The summed E-state index contributed by atoms with van der Waals surface area (Å²) in [6.45, 7) is 3.13. The maximum Gasteiger partial charge on any atom is 0.274 e. The Morgan fingerprint density at radius 1 is 0.794 bits per heavy atom. The van der Waals surface area contributed by atoms with Gasteiger partial charge < -0.3 is 4.90 Å². The summed E-state index contributed by atoms with van der Waals surface area (Å²) in [6.07, 6.45) is 0.312. The van der Waals surface area contributed by atoms with Crippen molar-refractivity contribution in [3.8, 4) is 0 Å². The SMILES string of the molecule is O=c1[nH]c(N2CCN(C(c3ccccc3)c3ccccc3)CC2)nnc1Cc1ccc(F)cc1. The summed E-state index contributed by atoms with van der Waals surface area (Å²) in [4.78, 5) is 20.1. The summed E-state index contributed by atoms with van der Waals surface area (Å²) < 4.78 is 13.1. The second-order valence-electron chi connectivity index (χ2n) is 8.47. The first-order valence-corrected chi connectivity index (χ1v) is 11.5. The third-order valence-electron chi connectivity index (χ3n) is 6.25. The number of hydrogen-bond donors (Lipinski definition) is 1. The van der Waals surface area contributed by atoms with E-state index in [1.807, 2.05) is 12.1 Å². The molecule has 0 atom stereocenters. The summed E-state index contributed by atoms with van der Waals surface area (Å²) in [5.74, 6) is 0.184. The van der Waals surface area contributed by atoms with Gasteiger partial charge in [-0.2, -0.15) is 0 Å². The van der Waals surface area contributed by atoms with Crippen molar-refractivity contribution in [3.05, 3.63) is 123 Å². The molecule has 0 aliphatic carbocycles. The molecule has 6 nitrogen and oxygen atoms in total. The molecule has 7 heteroatoms. The Morgan fingerprint density at radius 3 is 1.94 bits per heavy atom. The molecule has 0 amide bonds. The summed E-state index contributed by atoms with van der Waals surface area (Å²) in [5, 5.41) is 8.47. The lowest BCUT2D eigenvalue weighted by Gasteiger charge is -2.39. The largest absolute Gasteiger partial charge is 0.338 e. The van der Waals surface area contributed by atoms with Gasteiger partial charge in [0, 0.05) is 32.6 Å². The molecule has 0 bridgehead atoms. The van der Waals surface area contributed by atoms with Crippen LogP contribution >= 0.6 is 0 Å². The van der Waals surface area contributed by atoms with E-state index in [1.165, 1.54) is 23.3 Å². The highest BCUT2D eigenvalue weighted by Gasteiger charge is 2.27. The van der Waals surface area contributed by atoms with E-state index >= 15 is 0 Å². The maximum atomic E-state index is 13.1. The fourth-order valence-electron chi connectivity index (χ4n) is 4.48. The molecule has 5 rings (SSSR count). The van der Waals surface area contributed by atoms with Crippen LogP contribution in [0.2, 0.25) is 0 Å². The van der Waals surface area contributed by atoms with E-state index in [9.17, 15) is 9.18 Å². The van der Waals surface area contributed by atoms with Gasteiger partial charge >= 0.3 is 0 Å². The van der Waals surface area contributed by atoms with Crippen molar-refractivity contribution < 1.29 is 4.39 Å². The highest BCUT2D eigenvalue weighted by atomic mass is 19.1. The molecule has 0 spiro atoms. The number of halogens is 1. The highest BCUT2D eigenvalue weighted by Crippen LogP contribution is 2.29. The van der Waals surface area contributed by atoms with Gasteiger partial charge in [-0.1, -0.05) is 72.8 Å². The lowest BCUT2D eigenvalue weighted by molar-refractivity contribution is 0.211. The van der Waals surface area contributed by atoms with E-state index in [0.29, 0.717) is 18.1 Å². The molecule has 4 aromatic rings. The average molecular weight is 456 g/mol. The predicted octanol–water partition coefficient (Wildman–Crippen LogP) is 3.81. The molecule has 1 N–H and O–H groups in total. The zero-order chi connectivity index (χ0) is 23.3. The third kappa shape index (κ3) is 4.89. The van der Waals surface area contributed by atoms with Gasteiger partial charge in [0.1, 0.15) is 11.5 Å². The van der Waals surface area contributed by atoms with E-state index in [1.54, 1.807) is 12.1 Å². The van der Waals surface area contributed by atoms with E-state index in [4.69, 9.17) is 0 Å². The van der Waals surface area contributed by atoms with Crippen molar-refractivity contribution in [1.82, 2.24) is 20.1 Å². The number of piperazine rings is 1. The monoisotopic (exact) mass is 455 g/mol. The number of hydrogen-bond acceptors (Lipinski definition) is 5. The van der Waals surface area contributed by atoms with Crippen LogP contribution in [-0.2, 0) is 6.42 Å². The van der Waals surface area contributed by atoms with Crippen LogP contribution in [0.3, 0.4) is 0 Å². The number of rotatable bonds is 6. The number of aromatic amines is 1. The van der Waals surface area contributed by atoms with E-state index in [-0.39, 0.29) is 17.4 Å². The Hall–Kier alpha value is -3.84. The number of H-pyrrole nitrogens is 1. The van der Waals surface area contributed by atoms with Gasteiger partial charge in [-0.05, 0) is 28.8 Å². The second kappa shape index (κ2) is 9.97. The molecule has 172 valence electrons. The first-order valence-electron chi connectivity index (χ1n) is 11.5. The number of nitrogens with one attached hydrogen (secondary N) is 1. The van der Waals surface area contributed by atoms with Gasteiger partial charge in [-0.25, -0.2) is 4.39 Å². The number of anilines is 1. The Kier molecular flexibility index (Phi) is 6.44. The van der Waals surface area contributed by atoms with Crippen LogP contribution in [-0.4, -0.2) is 46.3 Å². The molecule has 0 unspecified atom stereocenters. The summed E-state index contributed by atoms with van der Waals surface area (Å²) in [7, 11) is 0. The first kappa shape index (κ1) is 22.0. The molecule has 34 heavy (non-hydrogen) atoms. The minimum absolute atomic E-state index is 0.174. The predicted molar refractivity (Wildman–Crippen MR) is 130 cm³/mol. The van der Waals surface area contributed by atoms with Crippen molar-refractivity contribution in [2.45, 2.75) is 12.5 Å². The molecule has 1 aromatic heterocycles. The molecule has 1 aliphatic heterocycles. The Balaban J connectivity index is 1.29. The maximum absolute atomic E-state index is 13.1. The van der Waals surface area contributed by atoms with Crippen molar-refractivity contribution in [2.75, 3.05) is 31.1 Å². The molecule has 1 fully saturated rings. The van der Waals surface area contributed by atoms with Gasteiger partial charge in [-0.15, -0.1) is 10.2 Å². The number of benzene rings is 3. The fourth-order valence-corrected chi connectivity index (χ4v) is 4.48. The van der Waals surface area contributed by atoms with E-state index in [2.05, 4.69) is 73.5 Å². The number of nitrogens with zero attached hydrogens (tertiary/aromatic N) is 4.